The van der Waals surface area contributed by atoms with Gasteiger partial charge in [-0.05, 0) is 56.7 Å². The van der Waals surface area contributed by atoms with E-state index in [0.29, 0.717) is 11.4 Å². The maximum Gasteiger partial charge on any atom is 0.262 e. The second kappa shape index (κ2) is 6.29. The summed E-state index contributed by atoms with van der Waals surface area (Å²) in [7, 11) is -3.97. The SMILES string of the molecule is Cc1cc(C)n(-c2ncccc2NS(=O)(=O)c2cc(F)ccc2C)n1. The van der Waals surface area contributed by atoms with Crippen LogP contribution in [0.3, 0.4) is 0 Å². The van der Waals surface area contributed by atoms with Crippen molar-refractivity contribution in [3.63, 3.8) is 0 Å². The molecule has 0 fully saturated rings. The molecule has 0 saturated carbocycles. The molecule has 0 atom stereocenters. The predicted molar refractivity (Wildman–Crippen MR) is 92.8 cm³/mol. The van der Waals surface area contributed by atoms with E-state index in [4.69, 9.17) is 0 Å². The minimum Gasteiger partial charge on any atom is -0.276 e. The van der Waals surface area contributed by atoms with Gasteiger partial charge in [0.2, 0.25) is 0 Å². The van der Waals surface area contributed by atoms with Gasteiger partial charge in [-0.2, -0.15) is 5.10 Å². The van der Waals surface area contributed by atoms with E-state index in [2.05, 4.69) is 14.8 Å². The molecule has 0 unspecified atom stereocenters. The monoisotopic (exact) mass is 360 g/mol. The Morgan fingerprint density at radius 2 is 1.88 bits per heavy atom. The van der Waals surface area contributed by atoms with Crippen molar-refractivity contribution in [2.75, 3.05) is 4.72 Å². The largest absolute Gasteiger partial charge is 0.276 e. The number of rotatable bonds is 4. The van der Waals surface area contributed by atoms with Crippen LogP contribution in [0.2, 0.25) is 0 Å². The molecule has 3 aromatic rings. The molecule has 6 nitrogen and oxygen atoms in total. The number of nitrogens with one attached hydrogen (secondary N) is 1. The summed E-state index contributed by atoms with van der Waals surface area (Å²) in [6.45, 7) is 5.30. The molecule has 1 N–H and O–H groups in total. The van der Waals surface area contributed by atoms with Crippen molar-refractivity contribution in [2.45, 2.75) is 25.7 Å². The Hall–Kier alpha value is -2.74. The first-order chi connectivity index (χ1) is 11.8. The van der Waals surface area contributed by atoms with Gasteiger partial charge in [0.25, 0.3) is 10.0 Å². The molecular weight excluding hydrogens is 343 g/mol. The summed E-state index contributed by atoms with van der Waals surface area (Å²) >= 11 is 0. The Morgan fingerprint density at radius 1 is 1.12 bits per heavy atom. The summed E-state index contributed by atoms with van der Waals surface area (Å²) in [5.41, 5.74) is 2.32. The van der Waals surface area contributed by atoms with E-state index in [-0.39, 0.29) is 10.6 Å². The highest BCUT2D eigenvalue weighted by Gasteiger charge is 2.20. The van der Waals surface area contributed by atoms with E-state index in [9.17, 15) is 12.8 Å². The molecule has 0 radical (unpaired) electrons. The number of pyridine rings is 1. The van der Waals surface area contributed by atoms with Crippen molar-refractivity contribution in [3.8, 4) is 5.82 Å². The van der Waals surface area contributed by atoms with Crippen molar-refractivity contribution in [2.24, 2.45) is 0 Å². The van der Waals surface area contributed by atoms with E-state index in [1.165, 1.54) is 12.1 Å². The smallest absolute Gasteiger partial charge is 0.262 e. The maximum atomic E-state index is 13.5. The lowest BCUT2D eigenvalue weighted by Gasteiger charge is -2.14. The molecule has 0 saturated heterocycles. The van der Waals surface area contributed by atoms with Gasteiger partial charge < -0.3 is 0 Å². The van der Waals surface area contributed by atoms with Crippen LogP contribution in [0.15, 0.2) is 47.5 Å². The van der Waals surface area contributed by atoms with Crippen LogP contribution in [0.1, 0.15) is 17.0 Å². The molecule has 8 heteroatoms. The molecule has 0 bridgehead atoms. The average molecular weight is 360 g/mol. The summed E-state index contributed by atoms with van der Waals surface area (Å²) in [6, 6.07) is 8.71. The second-order valence-electron chi connectivity index (χ2n) is 5.73. The lowest BCUT2D eigenvalue weighted by atomic mass is 10.2. The third kappa shape index (κ3) is 3.39. The minimum atomic E-state index is -3.97. The zero-order chi connectivity index (χ0) is 18.2. The summed E-state index contributed by atoms with van der Waals surface area (Å²) in [5, 5.41) is 4.33. The molecular formula is C17H17FN4O2S. The van der Waals surface area contributed by atoms with E-state index < -0.39 is 15.8 Å². The number of halogens is 1. The first-order valence-electron chi connectivity index (χ1n) is 7.55. The third-order valence-corrected chi connectivity index (χ3v) is 5.19. The Morgan fingerprint density at radius 3 is 2.56 bits per heavy atom. The Kier molecular flexibility index (Phi) is 4.30. The Bertz CT molecular complexity index is 1040. The fourth-order valence-corrected chi connectivity index (χ4v) is 3.87. The highest BCUT2D eigenvalue weighted by atomic mass is 32.2. The maximum absolute atomic E-state index is 13.5. The van der Waals surface area contributed by atoms with E-state index in [0.717, 1.165) is 17.5 Å². The van der Waals surface area contributed by atoms with Crippen LogP contribution in [0.4, 0.5) is 10.1 Å². The summed E-state index contributed by atoms with van der Waals surface area (Å²) < 4.78 is 43.0. The van der Waals surface area contributed by atoms with Crippen molar-refractivity contribution < 1.29 is 12.8 Å². The number of sulfonamides is 1. The average Bonchev–Trinajstić information content (AvgIpc) is 2.88. The topological polar surface area (TPSA) is 76.9 Å². The van der Waals surface area contributed by atoms with Gasteiger partial charge in [0, 0.05) is 11.9 Å². The highest BCUT2D eigenvalue weighted by molar-refractivity contribution is 7.92. The second-order valence-corrected chi connectivity index (χ2v) is 7.38. The van der Waals surface area contributed by atoms with Gasteiger partial charge in [-0.15, -0.1) is 0 Å². The van der Waals surface area contributed by atoms with E-state index >= 15 is 0 Å². The van der Waals surface area contributed by atoms with Crippen molar-refractivity contribution in [1.82, 2.24) is 14.8 Å². The zero-order valence-electron chi connectivity index (χ0n) is 14.0. The molecule has 0 amide bonds. The van der Waals surface area contributed by atoms with Crippen LogP contribution < -0.4 is 4.72 Å². The van der Waals surface area contributed by atoms with Crippen LogP contribution in [0, 0.1) is 26.6 Å². The summed E-state index contributed by atoms with van der Waals surface area (Å²) in [6.07, 6.45) is 1.55. The summed E-state index contributed by atoms with van der Waals surface area (Å²) in [5.74, 6) is -0.262. The highest BCUT2D eigenvalue weighted by Crippen LogP contribution is 2.24. The van der Waals surface area contributed by atoms with Crippen LogP contribution >= 0.6 is 0 Å². The number of aryl methyl sites for hydroxylation is 3. The molecule has 0 spiro atoms. The van der Waals surface area contributed by atoms with Gasteiger partial charge >= 0.3 is 0 Å². The van der Waals surface area contributed by atoms with Crippen molar-refractivity contribution in [1.29, 1.82) is 0 Å². The van der Waals surface area contributed by atoms with Gasteiger partial charge in [-0.1, -0.05) is 6.07 Å². The predicted octanol–water partition coefficient (Wildman–Crippen LogP) is 3.13. The number of hydrogen-bond donors (Lipinski definition) is 1. The van der Waals surface area contributed by atoms with Gasteiger partial charge in [-0.25, -0.2) is 22.5 Å². The lowest BCUT2D eigenvalue weighted by molar-refractivity contribution is 0.594. The number of nitrogens with zero attached hydrogens (tertiary/aromatic N) is 3. The molecule has 3 rings (SSSR count). The third-order valence-electron chi connectivity index (χ3n) is 3.68. The molecule has 2 aromatic heterocycles. The molecule has 0 aliphatic heterocycles. The molecule has 25 heavy (non-hydrogen) atoms. The molecule has 1 aromatic carbocycles. The van der Waals surface area contributed by atoms with Gasteiger partial charge in [0.1, 0.15) is 5.82 Å². The van der Waals surface area contributed by atoms with E-state index in [1.54, 1.807) is 29.9 Å². The summed E-state index contributed by atoms with van der Waals surface area (Å²) in [4.78, 5) is 4.13. The normalized spacial score (nSPS) is 11.5. The lowest BCUT2D eigenvalue weighted by Crippen LogP contribution is -2.17. The first kappa shape index (κ1) is 17.1. The fraction of sp³-hybridized carbons (Fsp3) is 0.176. The number of aromatic nitrogens is 3. The van der Waals surface area contributed by atoms with Crippen LogP contribution in [0.25, 0.3) is 5.82 Å². The van der Waals surface area contributed by atoms with Crippen LogP contribution in [-0.2, 0) is 10.0 Å². The number of anilines is 1. The molecule has 130 valence electrons. The molecule has 0 aliphatic rings. The van der Waals surface area contributed by atoms with Crippen molar-refractivity contribution >= 4 is 15.7 Å². The quantitative estimate of drug-likeness (QED) is 0.775. The minimum absolute atomic E-state index is 0.115. The molecule has 0 aliphatic carbocycles. The first-order valence-corrected chi connectivity index (χ1v) is 9.04. The van der Waals surface area contributed by atoms with E-state index in [1.807, 2.05) is 19.9 Å². The van der Waals surface area contributed by atoms with Gasteiger partial charge in [0.15, 0.2) is 5.82 Å². The number of hydrogen-bond acceptors (Lipinski definition) is 4. The van der Waals surface area contributed by atoms with Gasteiger partial charge in [0.05, 0.1) is 16.3 Å². The zero-order valence-corrected chi connectivity index (χ0v) is 14.8. The number of benzene rings is 1. The van der Waals surface area contributed by atoms with Gasteiger partial charge in [-0.3, -0.25) is 4.72 Å². The standard InChI is InChI=1S/C17H17FN4O2S/c1-11-6-7-14(18)10-16(11)25(23,24)21-15-5-4-8-19-17(15)22-13(3)9-12(2)20-22/h4-10,21H,1-3H3. The fourth-order valence-electron chi connectivity index (χ4n) is 2.55. The Labute approximate surface area is 145 Å². The van der Waals surface area contributed by atoms with Crippen molar-refractivity contribution in [3.05, 3.63) is 65.4 Å². The Balaban J connectivity index is 2.07. The van der Waals surface area contributed by atoms with Crippen LogP contribution in [-0.4, -0.2) is 23.2 Å². The molecule has 2 heterocycles. The van der Waals surface area contributed by atoms with Crippen LogP contribution in [0.5, 0.6) is 0 Å².